The lowest BCUT2D eigenvalue weighted by atomic mass is 10.0. The molecule has 0 atom stereocenters. The molecule has 0 aliphatic carbocycles. The Balaban J connectivity index is 0.00000266. The summed E-state index contributed by atoms with van der Waals surface area (Å²) < 4.78 is 22.2. The largest absolute Gasteiger partial charge is 0.469 e. The Morgan fingerprint density at radius 1 is 0.329 bits per heavy atom. The molecule has 0 N–H and O–H groups in total. The molecule has 0 aromatic carbocycles. The van der Waals surface area contributed by atoms with E-state index in [1.165, 1.54) is 270 Å². The van der Waals surface area contributed by atoms with Gasteiger partial charge in [0.1, 0.15) is 19.0 Å². The lowest BCUT2D eigenvalue weighted by Gasteiger charge is -2.18. The fourth-order valence-corrected chi connectivity index (χ4v) is 11.0. The maximum atomic E-state index is 12.8. The Morgan fingerprint density at radius 3 is 0.847 bits per heavy atom. The van der Waals surface area contributed by atoms with Crippen molar-refractivity contribution in [3.8, 4) is 0 Å². The van der Waals surface area contributed by atoms with Crippen LogP contribution in [0.5, 0.6) is 0 Å². The zero-order valence-corrected chi connectivity index (χ0v) is 57.1. The Morgan fingerprint density at radius 2 is 0.576 bits per heavy atom. The highest BCUT2D eigenvalue weighted by Crippen LogP contribution is 2.18. The molecule has 7 heteroatoms. The number of rotatable bonds is 66. The molecule has 7 nitrogen and oxygen atoms in total. The average molecular weight is 1190 g/mol. The number of allylic oxidation sites excluding steroid dienone is 6. The third-order valence-electron chi connectivity index (χ3n) is 16.7. The van der Waals surface area contributed by atoms with Crippen LogP contribution in [0.1, 0.15) is 399 Å². The second-order valence-corrected chi connectivity index (χ2v) is 25.3. The Labute approximate surface area is 528 Å². The number of hydrogen-bond acceptors (Lipinski definition) is 7. The van der Waals surface area contributed by atoms with Crippen LogP contribution in [0.4, 0.5) is 0 Å². The summed E-state index contributed by atoms with van der Waals surface area (Å²) in [5, 5.41) is 0. The van der Waals surface area contributed by atoms with Crippen molar-refractivity contribution in [1.82, 2.24) is 0 Å². The number of unbranched alkanes of at least 4 members (excludes halogenated alkanes) is 47. The number of furan rings is 1. The first-order chi connectivity index (χ1) is 42.0. The van der Waals surface area contributed by atoms with E-state index in [4.69, 9.17) is 18.6 Å². The van der Waals surface area contributed by atoms with E-state index in [0.717, 1.165) is 89.2 Å². The fourth-order valence-electron chi connectivity index (χ4n) is 11.0. The minimum atomic E-state index is -0.781. The minimum Gasteiger partial charge on any atom is -0.469 e. The van der Waals surface area contributed by atoms with Crippen LogP contribution in [-0.4, -0.2) is 37.2 Å². The van der Waals surface area contributed by atoms with E-state index in [-0.39, 0.29) is 31.1 Å². The van der Waals surface area contributed by atoms with Gasteiger partial charge in [0.25, 0.3) is 0 Å². The molecule has 0 amide bonds. The predicted octanol–water partition coefficient (Wildman–Crippen LogP) is 25.8. The number of esters is 3. The van der Waals surface area contributed by atoms with Crippen molar-refractivity contribution in [3.63, 3.8) is 0 Å². The molecule has 85 heavy (non-hydrogen) atoms. The molecule has 0 bridgehead atoms. The summed E-state index contributed by atoms with van der Waals surface area (Å²) in [6.07, 6.45) is 85.5. The van der Waals surface area contributed by atoms with E-state index in [9.17, 15) is 14.4 Å². The Kier molecular flexibility index (Phi) is 69.1. The fraction of sp³-hybridized carbons (Fsp3) is 0.833. The molecule has 0 spiro atoms. The van der Waals surface area contributed by atoms with Crippen molar-refractivity contribution < 1.29 is 33.0 Å². The first-order valence-electron chi connectivity index (χ1n) is 37.4. The van der Waals surface area contributed by atoms with Gasteiger partial charge < -0.3 is 18.6 Å². The van der Waals surface area contributed by atoms with Gasteiger partial charge in [0.15, 0.2) is 6.10 Å². The highest BCUT2D eigenvalue weighted by atomic mass is 16.6. The van der Waals surface area contributed by atoms with Gasteiger partial charge in [0, 0.05) is 25.7 Å². The minimum absolute atomic E-state index is 0.0806. The molecule has 1 rings (SSSR count). The number of carbonyl (C=O) groups is 3. The van der Waals surface area contributed by atoms with E-state index in [0.29, 0.717) is 19.3 Å². The van der Waals surface area contributed by atoms with Crippen LogP contribution in [0.2, 0.25) is 0 Å². The highest BCUT2D eigenvalue weighted by molar-refractivity contribution is 5.71. The van der Waals surface area contributed by atoms with Gasteiger partial charge in [-0.05, 0) is 115 Å². The molecule has 0 fully saturated rings. The van der Waals surface area contributed by atoms with Crippen LogP contribution in [0.3, 0.4) is 0 Å². The number of aryl methyl sites for hydroxylation is 1. The second kappa shape index (κ2) is 71.7. The third kappa shape index (κ3) is 68.3. The zero-order chi connectivity index (χ0) is 61.5. The predicted molar refractivity (Wildman–Crippen MR) is 367 cm³/mol. The SMILES string of the molecule is CCCCCCCC/C=C/CCCCCCCC(=O)OCC(COC(=O)CCCCCCC/C=C/CCCCCCCC)OC(=O)CCCCCCC/C=C/CCCCCCCC.CCCCCCCCCCCCCCCCCc1ccco1. The molecule has 1 aromatic heterocycles. The topological polar surface area (TPSA) is 92.0 Å². The summed E-state index contributed by atoms with van der Waals surface area (Å²) in [6.45, 7) is 8.92. The lowest BCUT2D eigenvalue weighted by Crippen LogP contribution is -2.30. The van der Waals surface area contributed by atoms with E-state index >= 15 is 0 Å². The number of ether oxygens (including phenoxy) is 3. The van der Waals surface area contributed by atoms with E-state index in [1.807, 2.05) is 6.07 Å². The van der Waals surface area contributed by atoms with Crippen molar-refractivity contribution in [2.45, 2.75) is 406 Å². The van der Waals surface area contributed by atoms with Gasteiger partial charge in [-0.15, -0.1) is 0 Å². The smallest absolute Gasteiger partial charge is 0.306 e. The summed E-state index contributed by atoms with van der Waals surface area (Å²) >= 11 is 0. The number of carbonyl (C=O) groups excluding carboxylic acids is 3. The molecular formula is C78H142O7. The lowest BCUT2D eigenvalue weighted by molar-refractivity contribution is -0.167. The average Bonchev–Trinajstić information content (AvgIpc) is 4.04. The van der Waals surface area contributed by atoms with Crippen LogP contribution in [0.15, 0.2) is 59.3 Å². The van der Waals surface area contributed by atoms with Gasteiger partial charge >= 0.3 is 17.9 Å². The molecule has 0 aliphatic heterocycles. The summed E-state index contributed by atoms with van der Waals surface area (Å²) in [6, 6.07) is 4.07. The molecule has 496 valence electrons. The molecular weight excluding hydrogens is 1050 g/mol. The monoisotopic (exact) mass is 1190 g/mol. The summed E-state index contributed by atoms with van der Waals surface area (Å²) in [7, 11) is 0. The van der Waals surface area contributed by atoms with Crippen molar-refractivity contribution in [2.75, 3.05) is 13.2 Å². The summed E-state index contributed by atoms with van der Waals surface area (Å²) in [4.78, 5) is 38.0. The number of hydrogen-bond donors (Lipinski definition) is 0. The summed E-state index contributed by atoms with van der Waals surface area (Å²) in [5.41, 5.74) is 0. The third-order valence-corrected chi connectivity index (χ3v) is 16.7. The first-order valence-corrected chi connectivity index (χ1v) is 37.4. The molecule has 1 heterocycles. The molecule has 0 saturated carbocycles. The molecule has 1 aromatic rings. The molecule has 0 saturated heterocycles. The second-order valence-electron chi connectivity index (χ2n) is 25.3. The van der Waals surface area contributed by atoms with Gasteiger partial charge in [0.2, 0.25) is 0 Å². The van der Waals surface area contributed by atoms with Crippen LogP contribution < -0.4 is 0 Å². The quantitative estimate of drug-likeness (QED) is 0.0278. The van der Waals surface area contributed by atoms with Crippen molar-refractivity contribution in [1.29, 1.82) is 0 Å². The maximum absolute atomic E-state index is 12.8. The zero-order valence-electron chi connectivity index (χ0n) is 57.1. The normalized spacial score (nSPS) is 11.6. The van der Waals surface area contributed by atoms with Crippen LogP contribution >= 0.6 is 0 Å². The molecule has 0 aliphatic rings. The van der Waals surface area contributed by atoms with Gasteiger partial charge in [-0.3, -0.25) is 14.4 Å². The molecule has 0 unspecified atom stereocenters. The van der Waals surface area contributed by atoms with Gasteiger partial charge in [0.05, 0.1) is 6.26 Å². The van der Waals surface area contributed by atoms with Crippen LogP contribution in [0, 0.1) is 0 Å². The summed E-state index contributed by atoms with van der Waals surface area (Å²) in [5.74, 6) is 0.255. The van der Waals surface area contributed by atoms with Crippen molar-refractivity contribution in [3.05, 3.63) is 60.6 Å². The van der Waals surface area contributed by atoms with Gasteiger partial charge in [-0.1, -0.05) is 308 Å². The van der Waals surface area contributed by atoms with Crippen molar-refractivity contribution >= 4 is 17.9 Å². The standard InChI is InChI=1S/C57H104O6.C21H38O/c1-4-7-10-13-16-19-22-25-28-31-34-37-40-43-46-49-55(58)61-52-54(63-57(60)51-48-45-42-39-36-33-30-27-24-21-18-15-12-9-6-3)53-62-56(59)50-47-44-41-38-35-32-29-26-23-20-17-14-11-8-5-2;1-2-3-4-5-6-7-8-9-10-11-12-13-14-15-16-18-21-19-17-20-22-21/h25-30,54H,4-24,31-53H2,1-3H3;17,19-20H,2-16,18H2,1H3/b28-25+,29-26+,30-27+;. The van der Waals surface area contributed by atoms with Crippen LogP contribution in [-0.2, 0) is 35.0 Å². The molecule has 0 radical (unpaired) electrons. The Bertz CT molecular complexity index is 1510. The van der Waals surface area contributed by atoms with Crippen molar-refractivity contribution in [2.24, 2.45) is 0 Å². The maximum Gasteiger partial charge on any atom is 0.306 e. The van der Waals surface area contributed by atoms with Crippen LogP contribution in [0.25, 0.3) is 0 Å². The van der Waals surface area contributed by atoms with E-state index in [1.54, 1.807) is 6.26 Å². The van der Waals surface area contributed by atoms with Gasteiger partial charge in [-0.25, -0.2) is 0 Å². The van der Waals surface area contributed by atoms with Gasteiger partial charge in [-0.2, -0.15) is 0 Å². The Hall–Kier alpha value is -3.09. The van der Waals surface area contributed by atoms with E-state index in [2.05, 4.69) is 70.2 Å². The highest BCUT2D eigenvalue weighted by Gasteiger charge is 2.19. The van der Waals surface area contributed by atoms with E-state index < -0.39 is 6.10 Å². The first kappa shape index (κ1) is 81.9.